The van der Waals surface area contributed by atoms with Crippen molar-refractivity contribution in [2.75, 3.05) is 25.5 Å². The Morgan fingerprint density at radius 2 is 2.00 bits per heavy atom. The van der Waals surface area contributed by atoms with Crippen molar-refractivity contribution >= 4 is 15.7 Å². The van der Waals surface area contributed by atoms with Crippen molar-refractivity contribution in [3.8, 4) is 6.07 Å². The minimum atomic E-state index is -3.41. The molecule has 0 fully saturated rings. The van der Waals surface area contributed by atoms with Crippen LogP contribution in [0.5, 0.6) is 0 Å². The van der Waals surface area contributed by atoms with Gasteiger partial charge in [-0.1, -0.05) is 12.1 Å². The highest BCUT2D eigenvalue weighted by molar-refractivity contribution is 7.89. The third-order valence-electron chi connectivity index (χ3n) is 4.25. The fraction of sp³-hybridized carbons (Fsp3) is 0.278. The van der Waals surface area contributed by atoms with E-state index in [9.17, 15) is 8.42 Å². The maximum atomic E-state index is 12.3. The molecule has 1 heterocycles. The first-order valence-corrected chi connectivity index (χ1v) is 9.15. The van der Waals surface area contributed by atoms with E-state index >= 15 is 0 Å². The van der Waals surface area contributed by atoms with Crippen LogP contribution in [0.2, 0.25) is 0 Å². The second-order valence-electron chi connectivity index (χ2n) is 6.06. The lowest BCUT2D eigenvalue weighted by atomic mass is 10.1. The van der Waals surface area contributed by atoms with Gasteiger partial charge in [-0.25, -0.2) is 12.7 Å². The van der Waals surface area contributed by atoms with Gasteiger partial charge in [0.25, 0.3) is 0 Å². The summed E-state index contributed by atoms with van der Waals surface area (Å²) in [4.78, 5) is 2.55. The summed E-state index contributed by atoms with van der Waals surface area (Å²) in [5.74, 6) is 0. The van der Waals surface area contributed by atoms with Crippen molar-refractivity contribution in [1.82, 2.24) is 4.31 Å². The van der Waals surface area contributed by atoms with Crippen LogP contribution in [0.25, 0.3) is 0 Å². The second kappa shape index (κ2) is 6.27. The highest BCUT2D eigenvalue weighted by Crippen LogP contribution is 2.31. The van der Waals surface area contributed by atoms with Gasteiger partial charge in [0.2, 0.25) is 10.0 Å². The van der Waals surface area contributed by atoms with Gasteiger partial charge in [-0.3, -0.25) is 0 Å². The number of nitriles is 1. The molecule has 0 saturated heterocycles. The van der Waals surface area contributed by atoms with Crippen LogP contribution in [-0.4, -0.2) is 33.4 Å². The first kappa shape index (κ1) is 16.5. The number of sulfonamides is 1. The maximum absolute atomic E-state index is 12.3. The first-order chi connectivity index (χ1) is 11.4. The average molecular weight is 341 g/mol. The molecular formula is C18H19N3O2S. The average Bonchev–Trinajstić information content (AvgIpc) is 2.97. The lowest BCUT2D eigenvalue weighted by molar-refractivity contribution is 0.520. The summed E-state index contributed by atoms with van der Waals surface area (Å²) >= 11 is 0. The third kappa shape index (κ3) is 3.01. The van der Waals surface area contributed by atoms with Crippen molar-refractivity contribution in [2.24, 2.45) is 0 Å². The molecule has 1 aliphatic rings. The molecule has 124 valence electrons. The van der Waals surface area contributed by atoms with Crippen LogP contribution in [0.1, 0.15) is 16.7 Å². The zero-order valence-corrected chi connectivity index (χ0v) is 14.5. The molecule has 2 aromatic carbocycles. The Morgan fingerprint density at radius 1 is 1.21 bits per heavy atom. The van der Waals surface area contributed by atoms with E-state index in [0.717, 1.165) is 29.8 Å². The van der Waals surface area contributed by atoms with Crippen LogP contribution < -0.4 is 4.90 Å². The van der Waals surface area contributed by atoms with E-state index in [1.165, 1.54) is 18.4 Å². The molecule has 6 heteroatoms. The summed E-state index contributed by atoms with van der Waals surface area (Å²) in [5.41, 5.74) is 3.84. The number of nitrogens with zero attached hydrogens (tertiary/aromatic N) is 3. The van der Waals surface area contributed by atoms with Gasteiger partial charge < -0.3 is 4.90 Å². The van der Waals surface area contributed by atoms with Gasteiger partial charge in [-0.05, 0) is 47.9 Å². The number of hydrogen-bond acceptors (Lipinski definition) is 4. The van der Waals surface area contributed by atoms with E-state index in [4.69, 9.17) is 5.26 Å². The van der Waals surface area contributed by atoms with E-state index in [1.807, 2.05) is 24.3 Å². The lowest BCUT2D eigenvalue weighted by Crippen LogP contribution is -2.22. The van der Waals surface area contributed by atoms with Crippen molar-refractivity contribution in [3.63, 3.8) is 0 Å². The molecule has 0 amide bonds. The zero-order valence-electron chi connectivity index (χ0n) is 13.7. The smallest absolute Gasteiger partial charge is 0.242 e. The number of rotatable bonds is 4. The third-order valence-corrected chi connectivity index (χ3v) is 6.06. The van der Waals surface area contributed by atoms with Crippen LogP contribution in [0, 0.1) is 11.3 Å². The normalized spacial score (nSPS) is 13.8. The van der Waals surface area contributed by atoms with Crippen molar-refractivity contribution in [1.29, 1.82) is 5.26 Å². The first-order valence-electron chi connectivity index (χ1n) is 7.71. The molecule has 0 saturated carbocycles. The van der Waals surface area contributed by atoms with Gasteiger partial charge in [0.05, 0.1) is 16.5 Å². The quantitative estimate of drug-likeness (QED) is 0.856. The second-order valence-corrected chi connectivity index (χ2v) is 8.21. The van der Waals surface area contributed by atoms with Crippen LogP contribution in [0.3, 0.4) is 0 Å². The zero-order chi connectivity index (χ0) is 17.3. The summed E-state index contributed by atoms with van der Waals surface area (Å²) in [6, 6.07) is 15.1. The molecule has 0 radical (unpaired) electrons. The van der Waals surface area contributed by atoms with Crippen LogP contribution in [0.15, 0.2) is 47.4 Å². The fourth-order valence-electron chi connectivity index (χ4n) is 2.94. The van der Waals surface area contributed by atoms with Crippen LogP contribution >= 0.6 is 0 Å². The Kier molecular flexibility index (Phi) is 4.31. The summed E-state index contributed by atoms with van der Waals surface area (Å²) in [5, 5.41) is 9.01. The molecule has 5 nitrogen and oxygen atoms in total. The summed E-state index contributed by atoms with van der Waals surface area (Å²) in [7, 11) is -0.328. The molecule has 0 atom stereocenters. The van der Waals surface area contributed by atoms with Crippen molar-refractivity contribution < 1.29 is 8.42 Å². The van der Waals surface area contributed by atoms with Crippen LogP contribution in [-0.2, 0) is 23.0 Å². The van der Waals surface area contributed by atoms with Crippen LogP contribution in [0.4, 0.5) is 5.69 Å². The Bertz CT molecular complexity index is 914. The number of fused-ring (bicyclic) bond motifs is 1. The molecule has 3 rings (SSSR count). The van der Waals surface area contributed by atoms with Gasteiger partial charge in [0, 0.05) is 32.9 Å². The highest BCUT2D eigenvalue weighted by atomic mass is 32.2. The van der Waals surface area contributed by atoms with Crippen molar-refractivity contribution in [2.45, 2.75) is 17.9 Å². The SMILES string of the molecule is CN(C)S(=O)(=O)c1ccc2c(c1)CCN2Cc1cccc(C#N)c1. The molecule has 0 spiro atoms. The van der Waals surface area contributed by atoms with E-state index in [0.29, 0.717) is 17.0 Å². The predicted octanol–water partition coefficient (Wildman–Crippen LogP) is 2.37. The monoisotopic (exact) mass is 341 g/mol. The van der Waals surface area contributed by atoms with E-state index in [2.05, 4.69) is 11.0 Å². The minimum absolute atomic E-state index is 0.333. The molecule has 2 aromatic rings. The topological polar surface area (TPSA) is 64.4 Å². The van der Waals surface area contributed by atoms with E-state index in [1.54, 1.807) is 18.2 Å². The number of anilines is 1. The Morgan fingerprint density at radius 3 is 2.71 bits per heavy atom. The van der Waals surface area contributed by atoms with Crippen molar-refractivity contribution in [3.05, 3.63) is 59.2 Å². The molecule has 0 unspecified atom stereocenters. The molecule has 24 heavy (non-hydrogen) atoms. The molecule has 0 aliphatic carbocycles. The summed E-state index contributed by atoms with van der Waals surface area (Å²) in [6.07, 6.45) is 0.823. The Balaban J connectivity index is 1.87. The molecule has 1 aliphatic heterocycles. The van der Waals surface area contributed by atoms with E-state index < -0.39 is 10.0 Å². The maximum Gasteiger partial charge on any atom is 0.242 e. The molecule has 0 bridgehead atoms. The minimum Gasteiger partial charge on any atom is -0.367 e. The fourth-order valence-corrected chi connectivity index (χ4v) is 3.89. The van der Waals surface area contributed by atoms with Gasteiger partial charge in [0.1, 0.15) is 0 Å². The van der Waals surface area contributed by atoms with Gasteiger partial charge in [-0.2, -0.15) is 5.26 Å². The molecule has 0 N–H and O–H groups in total. The van der Waals surface area contributed by atoms with Gasteiger partial charge >= 0.3 is 0 Å². The largest absolute Gasteiger partial charge is 0.367 e. The molecular weight excluding hydrogens is 322 g/mol. The van der Waals surface area contributed by atoms with E-state index in [-0.39, 0.29) is 0 Å². The molecule has 0 aromatic heterocycles. The highest BCUT2D eigenvalue weighted by Gasteiger charge is 2.23. The summed E-state index contributed by atoms with van der Waals surface area (Å²) in [6.45, 7) is 1.56. The van der Waals surface area contributed by atoms with Gasteiger partial charge in [-0.15, -0.1) is 0 Å². The summed E-state index contributed by atoms with van der Waals surface area (Å²) < 4.78 is 25.7. The lowest BCUT2D eigenvalue weighted by Gasteiger charge is -2.20. The Hall–Kier alpha value is -2.36. The Labute approximate surface area is 142 Å². The number of benzene rings is 2. The standard InChI is InChI=1S/C18H19N3O2S/c1-20(2)24(22,23)17-6-7-18-16(11-17)8-9-21(18)13-15-5-3-4-14(10-15)12-19/h3-7,10-11H,8-9,13H2,1-2H3. The predicted molar refractivity (Wildman–Crippen MR) is 93.2 cm³/mol. The number of hydrogen-bond donors (Lipinski definition) is 0. The van der Waals surface area contributed by atoms with Gasteiger partial charge in [0.15, 0.2) is 0 Å².